The Morgan fingerprint density at radius 1 is 1.39 bits per heavy atom. The van der Waals surface area contributed by atoms with Crippen LogP contribution in [0.1, 0.15) is 32.4 Å². The zero-order chi connectivity index (χ0) is 13.5. The Morgan fingerprint density at radius 3 is 2.61 bits per heavy atom. The van der Waals surface area contributed by atoms with Crippen LogP contribution in [-0.2, 0) is 4.79 Å². The minimum absolute atomic E-state index is 0.0315. The Hall–Kier alpha value is -1.00. The molecule has 2 N–H and O–H groups in total. The lowest BCUT2D eigenvalue weighted by Crippen LogP contribution is -2.31. The summed E-state index contributed by atoms with van der Waals surface area (Å²) in [6.45, 7) is 7.52. The Labute approximate surface area is 114 Å². The summed E-state index contributed by atoms with van der Waals surface area (Å²) in [6, 6.07) is 8.12. The normalized spacial score (nSPS) is 12.2. The molecule has 0 radical (unpaired) electrons. The summed E-state index contributed by atoms with van der Waals surface area (Å²) in [7, 11) is 0. The van der Waals surface area contributed by atoms with Crippen LogP contribution in [-0.4, -0.2) is 29.6 Å². The zero-order valence-corrected chi connectivity index (χ0v) is 12.2. The predicted octanol–water partition coefficient (Wildman–Crippen LogP) is 2.67. The van der Waals surface area contributed by atoms with Gasteiger partial charge in [-0.1, -0.05) is 12.1 Å². The second kappa shape index (κ2) is 7.44. The molecule has 4 heteroatoms. The van der Waals surface area contributed by atoms with Crippen molar-refractivity contribution in [2.24, 2.45) is 5.73 Å². The van der Waals surface area contributed by atoms with E-state index < -0.39 is 0 Å². The molecular formula is C14H22N2OS. The van der Waals surface area contributed by atoms with Crippen LogP contribution in [0, 0.1) is 0 Å². The molecule has 1 amide bonds. The number of hydrogen-bond acceptors (Lipinski definition) is 3. The van der Waals surface area contributed by atoms with E-state index in [1.54, 1.807) is 11.8 Å². The predicted molar refractivity (Wildman–Crippen MR) is 77.7 cm³/mol. The van der Waals surface area contributed by atoms with Crippen molar-refractivity contribution in [3.05, 3.63) is 29.8 Å². The lowest BCUT2D eigenvalue weighted by atomic mass is 10.1. The van der Waals surface area contributed by atoms with Crippen molar-refractivity contribution >= 4 is 17.7 Å². The first kappa shape index (κ1) is 15.1. The van der Waals surface area contributed by atoms with Crippen molar-refractivity contribution in [2.45, 2.75) is 31.7 Å². The molecule has 0 bridgehead atoms. The topological polar surface area (TPSA) is 46.3 Å². The molecule has 0 aliphatic carbocycles. The van der Waals surface area contributed by atoms with E-state index in [1.165, 1.54) is 0 Å². The molecule has 1 aromatic carbocycles. The molecule has 0 saturated heterocycles. The summed E-state index contributed by atoms with van der Waals surface area (Å²) in [5.74, 6) is 0.681. The third-order valence-electron chi connectivity index (χ3n) is 2.86. The van der Waals surface area contributed by atoms with Crippen molar-refractivity contribution in [3.8, 4) is 0 Å². The van der Waals surface area contributed by atoms with Crippen LogP contribution >= 0.6 is 11.8 Å². The fraction of sp³-hybridized carbons (Fsp3) is 0.500. The van der Waals surface area contributed by atoms with Crippen molar-refractivity contribution in [1.82, 2.24) is 4.90 Å². The molecule has 1 unspecified atom stereocenters. The Morgan fingerprint density at radius 2 is 2.06 bits per heavy atom. The second-order valence-corrected chi connectivity index (χ2v) is 5.26. The average Bonchev–Trinajstić information content (AvgIpc) is 2.38. The van der Waals surface area contributed by atoms with E-state index in [4.69, 9.17) is 5.73 Å². The molecule has 0 fully saturated rings. The number of hydrogen-bond donors (Lipinski definition) is 1. The average molecular weight is 266 g/mol. The van der Waals surface area contributed by atoms with Crippen molar-refractivity contribution < 1.29 is 4.79 Å². The number of carbonyl (C=O) groups is 1. The highest BCUT2D eigenvalue weighted by atomic mass is 32.2. The van der Waals surface area contributed by atoms with Gasteiger partial charge in [-0.05, 0) is 38.5 Å². The first-order chi connectivity index (χ1) is 8.58. The quantitative estimate of drug-likeness (QED) is 0.805. The molecule has 0 spiro atoms. The van der Waals surface area contributed by atoms with Crippen LogP contribution < -0.4 is 5.73 Å². The Balaban J connectivity index is 2.58. The molecule has 1 rings (SSSR count). The molecular weight excluding hydrogens is 244 g/mol. The summed E-state index contributed by atoms with van der Waals surface area (Å²) in [6.07, 6.45) is 0. The van der Waals surface area contributed by atoms with Gasteiger partial charge < -0.3 is 10.6 Å². The highest BCUT2D eigenvalue weighted by molar-refractivity contribution is 8.00. The van der Waals surface area contributed by atoms with Gasteiger partial charge in [0.05, 0.1) is 5.75 Å². The lowest BCUT2D eigenvalue weighted by molar-refractivity contribution is -0.127. The first-order valence-electron chi connectivity index (χ1n) is 6.34. The second-order valence-electron chi connectivity index (χ2n) is 4.22. The molecule has 100 valence electrons. The molecule has 0 aliphatic rings. The van der Waals surface area contributed by atoms with E-state index in [0.29, 0.717) is 5.75 Å². The number of nitrogens with zero attached hydrogens (tertiary/aromatic N) is 1. The van der Waals surface area contributed by atoms with Crippen LogP contribution in [0.25, 0.3) is 0 Å². The van der Waals surface area contributed by atoms with Gasteiger partial charge in [0.1, 0.15) is 0 Å². The van der Waals surface area contributed by atoms with Gasteiger partial charge in [-0.15, -0.1) is 11.8 Å². The highest BCUT2D eigenvalue weighted by Gasteiger charge is 2.10. The zero-order valence-electron chi connectivity index (χ0n) is 11.3. The standard InChI is InChI=1S/C14H22N2OS/c1-4-16(5-2)14(17)10-18-13-8-6-7-12(9-13)11(3)15/h6-9,11H,4-5,10,15H2,1-3H3. The fourth-order valence-corrected chi connectivity index (χ4v) is 2.57. The Kier molecular flexibility index (Phi) is 6.22. The summed E-state index contributed by atoms with van der Waals surface area (Å²) >= 11 is 1.57. The Bertz CT molecular complexity index is 389. The lowest BCUT2D eigenvalue weighted by Gasteiger charge is -2.18. The van der Waals surface area contributed by atoms with Gasteiger partial charge in [0.2, 0.25) is 5.91 Å². The fourth-order valence-electron chi connectivity index (χ4n) is 1.70. The van der Waals surface area contributed by atoms with E-state index in [2.05, 4.69) is 6.07 Å². The van der Waals surface area contributed by atoms with Gasteiger partial charge in [-0.25, -0.2) is 0 Å². The number of nitrogens with two attached hydrogens (primary N) is 1. The van der Waals surface area contributed by atoms with Crippen molar-refractivity contribution in [2.75, 3.05) is 18.8 Å². The SMILES string of the molecule is CCN(CC)C(=O)CSc1cccc(C(C)N)c1. The third kappa shape index (κ3) is 4.35. The number of thioether (sulfide) groups is 1. The van der Waals surface area contributed by atoms with E-state index in [1.807, 2.05) is 43.9 Å². The van der Waals surface area contributed by atoms with Gasteiger partial charge in [-0.3, -0.25) is 4.79 Å². The van der Waals surface area contributed by atoms with E-state index in [0.717, 1.165) is 23.5 Å². The van der Waals surface area contributed by atoms with Crippen LogP contribution in [0.5, 0.6) is 0 Å². The molecule has 0 aliphatic heterocycles. The summed E-state index contributed by atoms with van der Waals surface area (Å²) in [5, 5.41) is 0. The number of benzene rings is 1. The highest BCUT2D eigenvalue weighted by Crippen LogP contribution is 2.21. The molecule has 3 nitrogen and oxygen atoms in total. The summed E-state index contributed by atoms with van der Waals surface area (Å²) in [4.78, 5) is 14.8. The van der Waals surface area contributed by atoms with Gasteiger partial charge in [0.15, 0.2) is 0 Å². The molecule has 18 heavy (non-hydrogen) atoms. The molecule has 0 saturated carbocycles. The van der Waals surface area contributed by atoms with Gasteiger partial charge in [0.25, 0.3) is 0 Å². The third-order valence-corrected chi connectivity index (χ3v) is 3.84. The van der Waals surface area contributed by atoms with Crippen LogP contribution in [0.15, 0.2) is 29.2 Å². The molecule has 1 aromatic rings. The van der Waals surface area contributed by atoms with Crippen LogP contribution in [0.2, 0.25) is 0 Å². The smallest absolute Gasteiger partial charge is 0.232 e. The minimum atomic E-state index is 0.0315. The monoisotopic (exact) mass is 266 g/mol. The maximum Gasteiger partial charge on any atom is 0.232 e. The molecule has 1 atom stereocenters. The maximum absolute atomic E-state index is 11.9. The van der Waals surface area contributed by atoms with Crippen LogP contribution in [0.4, 0.5) is 0 Å². The van der Waals surface area contributed by atoms with Gasteiger partial charge in [0, 0.05) is 24.0 Å². The van der Waals surface area contributed by atoms with E-state index in [-0.39, 0.29) is 11.9 Å². The van der Waals surface area contributed by atoms with Gasteiger partial charge >= 0.3 is 0 Å². The van der Waals surface area contributed by atoms with E-state index >= 15 is 0 Å². The minimum Gasteiger partial charge on any atom is -0.343 e. The van der Waals surface area contributed by atoms with Crippen LogP contribution in [0.3, 0.4) is 0 Å². The molecule has 0 heterocycles. The van der Waals surface area contributed by atoms with Gasteiger partial charge in [-0.2, -0.15) is 0 Å². The number of amides is 1. The summed E-state index contributed by atoms with van der Waals surface area (Å²) < 4.78 is 0. The van der Waals surface area contributed by atoms with Crippen molar-refractivity contribution in [1.29, 1.82) is 0 Å². The number of carbonyl (C=O) groups excluding carboxylic acids is 1. The molecule has 0 aromatic heterocycles. The van der Waals surface area contributed by atoms with Crippen molar-refractivity contribution in [3.63, 3.8) is 0 Å². The first-order valence-corrected chi connectivity index (χ1v) is 7.33. The largest absolute Gasteiger partial charge is 0.343 e. The van der Waals surface area contributed by atoms with E-state index in [9.17, 15) is 4.79 Å². The summed E-state index contributed by atoms with van der Waals surface area (Å²) in [5.41, 5.74) is 6.95. The number of rotatable bonds is 6. The maximum atomic E-state index is 11.9.